The van der Waals surface area contributed by atoms with E-state index in [-0.39, 0.29) is 18.2 Å². The van der Waals surface area contributed by atoms with E-state index in [1.807, 2.05) is 30.3 Å². The number of aryl methyl sites for hydroxylation is 1. The Balaban J connectivity index is 1.33. The highest BCUT2D eigenvalue weighted by atomic mass is 16.2. The minimum Gasteiger partial charge on any atom is -0.356 e. The van der Waals surface area contributed by atoms with Gasteiger partial charge in [0, 0.05) is 31.7 Å². The zero-order chi connectivity index (χ0) is 21.5. The van der Waals surface area contributed by atoms with E-state index in [4.69, 9.17) is 0 Å². The van der Waals surface area contributed by atoms with Gasteiger partial charge in [-0.2, -0.15) is 0 Å². The number of pyridine rings is 1. The number of amides is 2. The fraction of sp³-hybridized carbons (Fsp3) is 0.480. The van der Waals surface area contributed by atoms with E-state index in [0.29, 0.717) is 23.8 Å². The van der Waals surface area contributed by atoms with E-state index in [2.05, 4.69) is 20.1 Å². The molecular weight excluding hydrogens is 388 g/mol. The maximum Gasteiger partial charge on any atom is 0.261 e. The number of nitrogens with one attached hydrogen (secondary N) is 1. The van der Waals surface area contributed by atoms with Gasteiger partial charge in [0.25, 0.3) is 5.91 Å². The molecule has 1 N–H and O–H groups in total. The van der Waals surface area contributed by atoms with Gasteiger partial charge in [-0.15, -0.1) is 0 Å². The SMILES string of the molecule is O=C(CCc1ccccc1)NC(=O)c1cccnc1N1CCC(N2CCCCC2)CC1. The summed E-state index contributed by atoms with van der Waals surface area (Å²) in [6.07, 6.45) is 8.77. The molecule has 4 rings (SSSR count). The summed E-state index contributed by atoms with van der Waals surface area (Å²) in [7, 11) is 0. The molecule has 0 aliphatic carbocycles. The summed E-state index contributed by atoms with van der Waals surface area (Å²) in [6.45, 7) is 4.21. The van der Waals surface area contributed by atoms with E-state index in [0.717, 1.165) is 31.5 Å². The standard InChI is InChI=1S/C25H32N4O2/c30-23(12-11-20-8-3-1-4-9-20)27-25(31)22-10-7-15-26-24(22)29-18-13-21(14-19-29)28-16-5-2-6-17-28/h1,3-4,7-10,15,21H,2,5-6,11-14,16-19H2,(H,27,30,31). The molecule has 2 amide bonds. The van der Waals surface area contributed by atoms with Crippen molar-refractivity contribution in [3.63, 3.8) is 0 Å². The third-order valence-electron chi connectivity index (χ3n) is 6.44. The van der Waals surface area contributed by atoms with Crippen molar-refractivity contribution in [2.75, 3.05) is 31.1 Å². The van der Waals surface area contributed by atoms with Crippen molar-refractivity contribution in [2.45, 2.75) is 51.0 Å². The summed E-state index contributed by atoms with van der Waals surface area (Å²) in [5, 5.41) is 2.55. The van der Waals surface area contributed by atoms with Crippen molar-refractivity contribution in [1.82, 2.24) is 15.2 Å². The number of hydrogen-bond donors (Lipinski definition) is 1. The van der Waals surface area contributed by atoms with Crippen LogP contribution in [-0.2, 0) is 11.2 Å². The van der Waals surface area contributed by atoms with Gasteiger partial charge >= 0.3 is 0 Å². The second-order valence-corrected chi connectivity index (χ2v) is 8.55. The molecule has 2 aromatic rings. The zero-order valence-corrected chi connectivity index (χ0v) is 18.1. The van der Waals surface area contributed by atoms with Gasteiger partial charge in [-0.05, 0) is 62.9 Å². The van der Waals surface area contributed by atoms with E-state index in [1.54, 1.807) is 18.3 Å². The number of rotatable bonds is 6. The van der Waals surface area contributed by atoms with E-state index in [9.17, 15) is 9.59 Å². The molecule has 2 aliphatic heterocycles. The first-order chi connectivity index (χ1) is 15.2. The first-order valence-corrected chi connectivity index (χ1v) is 11.5. The van der Waals surface area contributed by atoms with Gasteiger partial charge in [0.15, 0.2) is 0 Å². The van der Waals surface area contributed by atoms with Crippen molar-refractivity contribution in [3.05, 3.63) is 59.8 Å². The number of benzene rings is 1. The first kappa shape index (κ1) is 21.5. The Bertz CT molecular complexity index is 872. The van der Waals surface area contributed by atoms with Crippen molar-refractivity contribution in [3.8, 4) is 0 Å². The zero-order valence-electron chi connectivity index (χ0n) is 18.1. The largest absolute Gasteiger partial charge is 0.356 e. The van der Waals surface area contributed by atoms with Crippen molar-refractivity contribution in [1.29, 1.82) is 0 Å². The monoisotopic (exact) mass is 420 g/mol. The van der Waals surface area contributed by atoms with Gasteiger partial charge in [-0.1, -0.05) is 36.8 Å². The molecule has 3 heterocycles. The molecule has 0 saturated carbocycles. The normalized spacial score (nSPS) is 18.0. The van der Waals surface area contributed by atoms with Crippen molar-refractivity contribution < 1.29 is 9.59 Å². The predicted octanol–water partition coefficient (Wildman–Crippen LogP) is 3.43. The highest BCUT2D eigenvalue weighted by Crippen LogP contribution is 2.25. The molecule has 2 aliphatic rings. The van der Waals surface area contributed by atoms with Gasteiger partial charge in [-0.25, -0.2) is 4.98 Å². The van der Waals surface area contributed by atoms with Crippen LogP contribution in [0.15, 0.2) is 48.7 Å². The molecule has 0 spiro atoms. The summed E-state index contributed by atoms with van der Waals surface area (Å²) in [5.74, 6) is 0.0692. The van der Waals surface area contributed by atoms with Gasteiger partial charge in [0.1, 0.15) is 5.82 Å². The van der Waals surface area contributed by atoms with Crippen LogP contribution in [0.3, 0.4) is 0 Å². The molecular formula is C25H32N4O2. The minimum atomic E-state index is -0.362. The van der Waals surface area contributed by atoms with Crippen molar-refractivity contribution in [2.24, 2.45) is 0 Å². The molecule has 6 nitrogen and oxygen atoms in total. The van der Waals surface area contributed by atoms with E-state index in [1.165, 1.54) is 32.4 Å². The molecule has 2 fully saturated rings. The average Bonchev–Trinajstić information content (AvgIpc) is 2.84. The number of anilines is 1. The third kappa shape index (κ3) is 5.70. The van der Waals surface area contributed by atoms with Crippen LogP contribution in [0, 0.1) is 0 Å². The smallest absolute Gasteiger partial charge is 0.261 e. The number of nitrogens with zero attached hydrogens (tertiary/aromatic N) is 3. The summed E-state index contributed by atoms with van der Waals surface area (Å²) in [4.78, 5) is 34.5. The van der Waals surface area contributed by atoms with Crippen LogP contribution in [-0.4, -0.2) is 53.9 Å². The number of aromatic nitrogens is 1. The lowest BCUT2D eigenvalue weighted by atomic mass is 9.99. The minimum absolute atomic E-state index is 0.257. The number of hydrogen-bond acceptors (Lipinski definition) is 5. The van der Waals surface area contributed by atoms with Gasteiger partial charge in [0.2, 0.25) is 5.91 Å². The van der Waals surface area contributed by atoms with Crippen molar-refractivity contribution >= 4 is 17.6 Å². The Hall–Kier alpha value is -2.73. The first-order valence-electron chi connectivity index (χ1n) is 11.5. The number of likely N-dealkylation sites (tertiary alicyclic amines) is 1. The summed E-state index contributed by atoms with van der Waals surface area (Å²) < 4.78 is 0. The quantitative estimate of drug-likeness (QED) is 0.776. The van der Waals surface area contributed by atoms with Gasteiger partial charge < -0.3 is 9.80 Å². The molecule has 0 radical (unpaired) electrons. The van der Waals surface area contributed by atoms with Crippen LogP contribution in [0.1, 0.15) is 54.4 Å². The van der Waals surface area contributed by atoms with Gasteiger partial charge in [0.05, 0.1) is 5.56 Å². The Morgan fingerprint density at radius 3 is 2.42 bits per heavy atom. The fourth-order valence-corrected chi connectivity index (χ4v) is 4.71. The van der Waals surface area contributed by atoms with Crippen LogP contribution in [0.2, 0.25) is 0 Å². The number of piperidine rings is 2. The third-order valence-corrected chi connectivity index (χ3v) is 6.44. The second kappa shape index (κ2) is 10.5. The topological polar surface area (TPSA) is 65.5 Å². The molecule has 6 heteroatoms. The number of carbonyl (C=O) groups is 2. The molecule has 164 valence electrons. The Morgan fingerprint density at radius 1 is 0.935 bits per heavy atom. The summed E-state index contributed by atoms with van der Waals surface area (Å²) in [6, 6.07) is 14.0. The summed E-state index contributed by atoms with van der Waals surface area (Å²) >= 11 is 0. The lowest BCUT2D eigenvalue weighted by molar-refractivity contribution is -0.120. The highest BCUT2D eigenvalue weighted by Gasteiger charge is 2.28. The van der Waals surface area contributed by atoms with Crippen LogP contribution >= 0.6 is 0 Å². The fourth-order valence-electron chi connectivity index (χ4n) is 4.71. The maximum absolute atomic E-state index is 12.8. The van der Waals surface area contributed by atoms with Crippen LogP contribution in [0.25, 0.3) is 0 Å². The summed E-state index contributed by atoms with van der Waals surface area (Å²) in [5.41, 5.74) is 1.57. The molecule has 0 unspecified atom stereocenters. The Kier molecular flexibility index (Phi) is 7.30. The van der Waals surface area contributed by atoms with Gasteiger partial charge in [-0.3, -0.25) is 14.9 Å². The second-order valence-electron chi connectivity index (χ2n) is 8.55. The van der Waals surface area contributed by atoms with Crippen LogP contribution in [0.5, 0.6) is 0 Å². The maximum atomic E-state index is 12.8. The van der Waals surface area contributed by atoms with Crippen LogP contribution in [0.4, 0.5) is 5.82 Å². The lowest BCUT2D eigenvalue weighted by Crippen LogP contribution is -2.47. The Morgan fingerprint density at radius 2 is 1.68 bits per heavy atom. The van der Waals surface area contributed by atoms with E-state index < -0.39 is 0 Å². The molecule has 0 bridgehead atoms. The Labute approximate surface area is 184 Å². The lowest BCUT2D eigenvalue weighted by Gasteiger charge is -2.40. The molecule has 0 atom stereocenters. The molecule has 31 heavy (non-hydrogen) atoms. The number of carbonyl (C=O) groups excluding carboxylic acids is 2. The number of imide groups is 1. The van der Waals surface area contributed by atoms with Crippen LogP contribution < -0.4 is 10.2 Å². The van der Waals surface area contributed by atoms with E-state index >= 15 is 0 Å². The molecule has 1 aromatic carbocycles. The highest BCUT2D eigenvalue weighted by molar-refractivity contribution is 6.07. The average molecular weight is 421 g/mol. The predicted molar refractivity (Wildman–Crippen MR) is 122 cm³/mol. The molecule has 1 aromatic heterocycles. The molecule has 2 saturated heterocycles.